The molecule has 0 aliphatic heterocycles. The quantitative estimate of drug-likeness (QED) is 0.557. The molecule has 2 rings (SSSR count). The van der Waals surface area contributed by atoms with Crippen molar-refractivity contribution in [2.45, 2.75) is 33.1 Å². The average Bonchev–Trinajstić information content (AvgIpc) is 2.77. The number of rotatable bonds is 6. The minimum absolute atomic E-state index is 0.720. The summed E-state index contributed by atoms with van der Waals surface area (Å²) in [5.41, 5.74) is 3.45. The van der Waals surface area contributed by atoms with Crippen LogP contribution in [0.15, 0.2) is 29.6 Å². The Bertz CT molecular complexity index is 569. The van der Waals surface area contributed by atoms with Crippen molar-refractivity contribution >= 4 is 23.6 Å². The molecule has 1 aromatic carbocycles. The van der Waals surface area contributed by atoms with E-state index in [1.165, 1.54) is 18.4 Å². The van der Waals surface area contributed by atoms with Crippen molar-refractivity contribution in [2.75, 3.05) is 6.61 Å². The smallest absolute Gasteiger partial charge is 0.197 e. The van der Waals surface area contributed by atoms with E-state index in [1.54, 1.807) is 16.1 Å². The monoisotopic (exact) mass is 293 g/mol. The molecule has 0 unspecified atom stereocenters. The van der Waals surface area contributed by atoms with Gasteiger partial charge in [-0.05, 0) is 25.6 Å². The number of nitrogens with zero attached hydrogens (tertiary/aromatic N) is 1. The summed E-state index contributed by atoms with van der Waals surface area (Å²) in [6.07, 6.45) is 3.46. The van der Waals surface area contributed by atoms with Gasteiger partial charge in [-0.15, -0.1) is 11.3 Å². The van der Waals surface area contributed by atoms with Crippen LogP contribution >= 0.6 is 23.6 Å². The van der Waals surface area contributed by atoms with Gasteiger partial charge in [0.05, 0.1) is 5.69 Å². The second-order valence-electron chi connectivity index (χ2n) is 4.59. The zero-order chi connectivity index (χ0) is 13.7. The maximum Gasteiger partial charge on any atom is 0.197 e. The van der Waals surface area contributed by atoms with E-state index >= 15 is 0 Å². The van der Waals surface area contributed by atoms with Gasteiger partial charge in [0.1, 0.15) is 6.61 Å². The first-order chi connectivity index (χ1) is 9.22. The predicted molar refractivity (Wildman–Crippen MR) is 84.3 cm³/mol. The Kier molecular flexibility index (Phi) is 5.16. The van der Waals surface area contributed by atoms with Gasteiger partial charge < -0.3 is 4.84 Å². The molecule has 0 spiro atoms. The molecule has 0 fully saturated rings. The van der Waals surface area contributed by atoms with Crippen LogP contribution in [0.4, 0.5) is 0 Å². The number of hydrogen-bond donors (Lipinski definition) is 0. The lowest BCUT2D eigenvalue weighted by atomic mass is 10.1. The van der Waals surface area contributed by atoms with Crippen molar-refractivity contribution in [1.82, 2.24) is 4.73 Å². The fourth-order valence-electron chi connectivity index (χ4n) is 1.84. The van der Waals surface area contributed by atoms with Gasteiger partial charge in [0, 0.05) is 10.9 Å². The molecular formula is C15H19NOS2. The maximum atomic E-state index is 5.82. The third-order valence-electron chi connectivity index (χ3n) is 2.97. The molecule has 0 amide bonds. The Balaban J connectivity index is 2.17. The Labute approximate surface area is 123 Å². The largest absolute Gasteiger partial charge is 0.412 e. The highest BCUT2D eigenvalue weighted by Gasteiger charge is 2.07. The van der Waals surface area contributed by atoms with E-state index in [4.69, 9.17) is 17.1 Å². The van der Waals surface area contributed by atoms with Crippen molar-refractivity contribution in [3.05, 3.63) is 39.2 Å². The molecule has 1 heterocycles. The number of thiazole rings is 1. The normalized spacial score (nSPS) is 10.6. The van der Waals surface area contributed by atoms with Gasteiger partial charge in [-0.3, -0.25) is 0 Å². The van der Waals surface area contributed by atoms with Gasteiger partial charge in [-0.1, -0.05) is 49.6 Å². The maximum absolute atomic E-state index is 5.82. The second-order valence-corrected chi connectivity index (χ2v) is 6.09. The van der Waals surface area contributed by atoms with E-state index in [0.717, 1.165) is 28.2 Å². The lowest BCUT2D eigenvalue weighted by Crippen LogP contribution is -2.13. The summed E-state index contributed by atoms with van der Waals surface area (Å²) < 4.78 is 2.56. The van der Waals surface area contributed by atoms with Crippen molar-refractivity contribution in [3.8, 4) is 11.3 Å². The summed E-state index contributed by atoms with van der Waals surface area (Å²) >= 11 is 6.88. The Morgan fingerprint density at radius 1 is 1.21 bits per heavy atom. The molecule has 102 valence electrons. The van der Waals surface area contributed by atoms with Crippen molar-refractivity contribution in [1.29, 1.82) is 0 Å². The lowest BCUT2D eigenvalue weighted by molar-refractivity contribution is 0.109. The van der Waals surface area contributed by atoms with Gasteiger partial charge in [0.25, 0.3) is 0 Å². The minimum atomic E-state index is 0.720. The average molecular weight is 293 g/mol. The molecule has 0 radical (unpaired) electrons. The van der Waals surface area contributed by atoms with Crippen LogP contribution in [0.2, 0.25) is 0 Å². The van der Waals surface area contributed by atoms with Crippen LogP contribution in [0.1, 0.15) is 31.7 Å². The van der Waals surface area contributed by atoms with Gasteiger partial charge in [-0.25, -0.2) is 0 Å². The second kappa shape index (κ2) is 6.87. The standard InChI is InChI=1S/C15H19NOS2/c1-3-4-5-10-17-16-14(11-19-15(16)18)13-8-6-12(2)7-9-13/h6-9,11H,3-5,10H2,1-2H3. The summed E-state index contributed by atoms with van der Waals surface area (Å²) in [6.45, 7) is 5.00. The molecule has 0 saturated carbocycles. The fraction of sp³-hybridized carbons (Fsp3) is 0.400. The third-order valence-corrected chi connectivity index (χ3v) is 4.13. The van der Waals surface area contributed by atoms with Crippen LogP contribution in [0, 0.1) is 10.9 Å². The summed E-state index contributed by atoms with van der Waals surface area (Å²) in [7, 11) is 0. The lowest BCUT2D eigenvalue weighted by Gasteiger charge is -2.10. The molecule has 2 nitrogen and oxygen atoms in total. The molecule has 0 atom stereocenters. The summed E-state index contributed by atoms with van der Waals surface area (Å²) in [5, 5.41) is 2.06. The number of unbranched alkanes of at least 4 members (excludes halogenated alkanes) is 2. The summed E-state index contributed by atoms with van der Waals surface area (Å²) in [4.78, 5) is 5.82. The number of aryl methyl sites for hydroxylation is 1. The molecule has 0 bridgehead atoms. The SMILES string of the molecule is CCCCCOn1c(-c2ccc(C)cc2)csc1=S. The fourth-order valence-corrected chi connectivity index (χ4v) is 2.83. The van der Waals surface area contributed by atoms with E-state index in [-0.39, 0.29) is 0 Å². The van der Waals surface area contributed by atoms with Gasteiger partial charge >= 0.3 is 0 Å². The van der Waals surface area contributed by atoms with Gasteiger partial charge in [0.2, 0.25) is 0 Å². The molecule has 19 heavy (non-hydrogen) atoms. The first kappa shape index (κ1) is 14.3. The Hall–Kier alpha value is -1.13. The van der Waals surface area contributed by atoms with Crippen molar-refractivity contribution in [2.24, 2.45) is 0 Å². The molecule has 0 aliphatic rings. The molecule has 2 aromatic rings. The Morgan fingerprint density at radius 3 is 2.63 bits per heavy atom. The molecule has 4 heteroatoms. The summed E-state index contributed by atoms with van der Waals surface area (Å²) in [5.74, 6) is 0. The Morgan fingerprint density at radius 2 is 1.95 bits per heavy atom. The first-order valence-electron chi connectivity index (χ1n) is 6.63. The predicted octanol–water partition coefficient (Wildman–Crippen LogP) is 4.87. The topological polar surface area (TPSA) is 14.2 Å². The van der Waals surface area contributed by atoms with Crippen LogP contribution in [0.3, 0.4) is 0 Å². The molecule has 0 aliphatic carbocycles. The number of hydrogen-bond acceptors (Lipinski definition) is 3. The van der Waals surface area contributed by atoms with Crippen LogP contribution in [0.5, 0.6) is 0 Å². The molecular weight excluding hydrogens is 274 g/mol. The molecule has 1 aromatic heterocycles. The van der Waals surface area contributed by atoms with Crippen LogP contribution in [-0.4, -0.2) is 11.3 Å². The molecule has 0 N–H and O–H groups in total. The number of benzene rings is 1. The highest BCUT2D eigenvalue weighted by atomic mass is 32.1. The van der Waals surface area contributed by atoms with Gasteiger partial charge in [0.15, 0.2) is 3.95 Å². The molecule has 0 saturated heterocycles. The van der Waals surface area contributed by atoms with E-state index in [9.17, 15) is 0 Å². The zero-order valence-corrected chi connectivity index (χ0v) is 13.0. The van der Waals surface area contributed by atoms with E-state index in [1.807, 2.05) is 0 Å². The highest BCUT2D eigenvalue weighted by Crippen LogP contribution is 2.23. The van der Waals surface area contributed by atoms with E-state index in [2.05, 4.69) is 43.5 Å². The third kappa shape index (κ3) is 3.67. The summed E-state index contributed by atoms with van der Waals surface area (Å²) in [6, 6.07) is 8.44. The van der Waals surface area contributed by atoms with Gasteiger partial charge in [-0.2, -0.15) is 4.73 Å². The number of aromatic nitrogens is 1. The van der Waals surface area contributed by atoms with E-state index < -0.39 is 0 Å². The van der Waals surface area contributed by atoms with Crippen LogP contribution in [0.25, 0.3) is 11.3 Å². The van der Waals surface area contributed by atoms with Crippen molar-refractivity contribution < 1.29 is 4.84 Å². The van der Waals surface area contributed by atoms with Crippen LogP contribution < -0.4 is 4.84 Å². The minimum Gasteiger partial charge on any atom is -0.412 e. The highest BCUT2D eigenvalue weighted by molar-refractivity contribution is 7.73. The van der Waals surface area contributed by atoms with E-state index in [0.29, 0.717) is 0 Å². The zero-order valence-electron chi connectivity index (χ0n) is 11.4. The van der Waals surface area contributed by atoms with Crippen LogP contribution in [-0.2, 0) is 0 Å². The van der Waals surface area contributed by atoms with Crippen molar-refractivity contribution in [3.63, 3.8) is 0 Å². The first-order valence-corrected chi connectivity index (χ1v) is 7.92.